The molecule has 0 saturated carbocycles. The van der Waals surface area contributed by atoms with Gasteiger partial charge in [-0.15, -0.1) is 0 Å². The van der Waals surface area contributed by atoms with Crippen LogP contribution in [0.15, 0.2) is 91.0 Å². The van der Waals surface area contributed by atoms with Crippen molar-refractivity contribution in [1.82, 2.24) is 0 Å². The van der Waals surface area contributed by atoms with E-state index in [1.807, 2.05) is 0 Å². The van der Waals surface area contributed by atoms with E-state index in [-0.39, 0.29) is 0 Å². The summed E-state index contributed by atoms with van der Waals surface area (Å²) in [6.45, 7) is 0. The molecule has 0 unspecified atom stereocenters. The van der Waals surface area contributed by atoms with Crippen LogP contribution >= 0.6 is 11.2 Å². The maximum absolute atomic E-state index is 2.26. The SMILES string of the molecule is c1ccc(CS[Si](c2ccccc2)c2ccccc2)cc1. The maximum atomic E-state index is 2.26. The highest BCUT2D eigenvalue weighted by Crippen LogP contribution is 2.15. The molecule has 0 N–H and O–H groups in total. The Kier molecular flexibility index (Phi) is 4.93. The van der Waals surface area contributed by atoms with E-state index >= 15 is 0 Å². The predicted molar refractivity (Wildman–Crippen MR) is 95.6 cm³/mol. The van der Waals surface area contributed by atoms with Gasteiger partial charge in [-0.25, -0.2) is 0 Å². The van der Waals surface area contributed by atoms with E-state index in [0.717, 1.165) is 5.75 Å². The zero-order valence-electron chi connectivity index (χ0n) is 11.8. The molecule has 0 aliphatic heterocycles. The van der Waals surface area contributed by atoms with Gasteiger partial charge in [-0.3, -0.25) is 0 Å². The molecule has 103 valence electrons. The van der Waals surface area contributed by atoms with Crippen LogP contribution in [0, 0.1) is 0 Å². The molecule has 0 bridgehead atoms. The summed E-state index contributed by atoms with van der Waals surface area (Å²) in [4.78, 5) is 0. The van der Waals surface area contributed by atoms with Gasteiger partial charge in [0.25, 0.3) is 0 Å². The molecule has 2 heteroatoms. The first-order valence-electron chi connectivity index (χ1n) is 7.08. The maximum Gasteiger partial charge on any atom is 0.190 e. The number of hydrogen-bond donors (Lipinski definition) is 0. The lowest BCUT2D eigenvalue weighted by Gasteiger charge is -2.15. The van der Waals surface area contributed by atoms with Crippen LogP contribution in [0.25, 0.3) is 0 Å². The summed E-state index contributed by atoms with van der Waals surface area (Å²) in [5.41, 5.74) is 1.40. The van der Waals surface area contributed by atoms with Crippen molar-refractivity contribution in [3.8, 4) is 0 Å². The Balaban J connectivity index is 1.83. The van der Waals surface area contributed by atoms with Crippen molar-refractivity contribution in [3.63, 3.8) is 0 Å². The molecule has 0 amide bonds. The molecule has 0 aliphatic rings. The van der Waals surface area contributed by atoms with Crippen molar-refractivity contribution in [1.29, 1.82) is 0 Å². The van der Waals surface area contributed by atoms with Crippen LogP contribution in [0.1, 0.15) is 5.56 Å². The first-order chi connectivity index (χ1) is 10.4. The molecule has 0 saturated heterocycles. The third-order valence-electron chi connectivity index (χ3n) is 3.30. The zero-order valence-corrected chi connectivity index (χ0v) is 13.6. The molecule has 0 aromatic heterocycles. The second-order valence-electron chi connectivity index (χ2n) is 4.84. The van der Waals surface area contributed by atoms with Crippen molar-refractivity contribution in [2.45, 2.75) is 5.75 Å². The molecule has 21 heavy (non-hydrogen) atoms. The molecule has 0 nitrogen and oxygen atoms in total. The van der Waals surface area contributed by atoms with Gasteiger partial charge in [0.1, 0.15) is 0 Å². The second-order valence-corrected chi connectivity index (χ2v) is 9.32. The summed E-state index contributed by atoms with van der Waals surface area (Å²) in [5, 5.41) is 2.93. The molecule has 3 aromatic carbocycles. The van der Waals surface area contributed by atoms with Crippen molar-refractivity contribution < 1.29 is 0 Å². The first-order valence-corrected chi connectivity index (χ1v) is 10.3. The van der Waals surface area contributed by atoms with Gasteiger partial charge in [0.2, 0.25) is 0 Å². The van der Waals surface area contributed by atoms with Gasteiger partial charge in [0.05, 0.1) is 0 Å². The Morgan fingerprint density at radius 1 is 0.571 bits per heavy atom. The quantitative estimate of drug-likeness (QED) is 0.647. The van der Waals surface area contributed by atoms with Crippen LogP contribution in [-0.4, -0.2) is 7.95 Å². The van der Waals surface area contributed by atoms with Crippen LogP contribution in [0.3, 0.4) is 0 Å². The summed E-state index contributed by atoms with van der Waals surface area (Å²) in [6.07, 6.45) is 0. The van der Waals surface area contributed by atoms with Gasteiger partial charge in [-0.05, 0) is 15.9 Å². The fraction of sp³-hybridized carbons (Fsp3) is 0.0526. The van der Waals surface area contributed by atoms with E-state index in [1.165, 1.54) is 15.9 Å². The Labute approximate surface area is 132 Å². The number of rotatable bonds is 5. The molecule has 0 heterocycles. The van der Waals surface area contributed by atoms with E-state index in [9.17, 15) is 0 Å². The standard InChI is InChI=1S/C19H17SSi/c1-4-10-17(11-5-1)16-20-21(18-12-6-2-7-13-18)19-14-8-3-9-15-19/h1-15H,16H2. The lowest BCUT2D eigenvalue weighted by molar-refractivity contribution is 1.43. The normalized spacial score (nSPS) is 10.7. The molecule has 0 fully saturated rings. The summed E-state index contributed by atoms with van der Waals surface area (Å²) in [5.74, 6) is 1.07. The predicted octanol–water partition coefficient (Wildman–Crippen LogP) is 3.73. The first kappa shape index (κ1) is 14.2. The molecule has 0 spiro atoms. The van der Waals surface area contributed by atoms with E-state index < -0.39 is 7.95 Å². The second kappa shape index (κ2) is 7.30. The minimum atomic E-state index is -0.781. The highest BCUT2D eigenvalue weighted by molar-refractivity contribution is 8.27. The summed E-state index contributed by atoms with van der Waals surface area (Å²) in [7, 11) is -0.781. The average Bonchev–Trinajstić information content (AvgIpc) is 2.58. The van der Waals surface area contributed by atoms with E-state index in [0.29, 0.717) is 0 Å². The van der Waals surface area contributed by atoms with Crippen LogP contribution < -0.4 is 10.4 Å². The molecular weight excluding hydrogens is 288 g/mol. The van der Waals surface area contributed by atoms with Crippen LogP contribution in [0.5, 0.6) is 0 Å². The van der Waals surface area contributed by atoms with Crippen LogP contribution in [0.4, 0.5) is 0 Å². The van der Waals surface area contributed by atoms with Gasteiger partial charge < -0.3 is 0 Å². The van der Waals surface area contributed by atoms with Gasteiger partial charge >= 0.3 is 0 Å². The number of benzene rings is 3. The molecule has 3 rings (SSSR count). The summed E-state index contributed by atoms with van der Waals surface area (Å²) < 4.78 is 0. The molecule has 3 aromatic rings. The monoisotopic (exact) mass is 305 g/mol. The van der Waals surface area contributed by atoms with Gasteiger partial charge in [-0.1, -0.05) is 91.0 Å². The minimum Gasteiger partial charge on any atom is -0.171 e. The zero-order chi connectivity index (χ0) is 14.3. The van der Waals surface area contributed by atoms with Crippen LogP contribution in [0.2, 0.25) is 0 Å². The fourth-order valence-corrected chi connectivity index (χ4v) is 7.15. The van der Waals surface area contributed by atoms with Crippen molar-refractivity contribution in [2.24, 2.45) is 0 Å². The van der Waals surface area contributed by atoms with Crippen molar-refractivity contribution >= 4 is 29.5 Å². The Bertz CT molecular complexity index is 613. The Morgan fingerprint density at radius 3 is 1.48 bits per heavy atom. The molecular formula is C19H17SSi. The highest BCUT2D eigenvalue weighted by atomic mass is 32.4. The van der Waals surface area contributed by atoms with Gasteiger partial charge in [-0.2, -0.15) is 11.2 Å². The van der Waals surface area contributed by atoms with Gasteiger partial charge in [0.15, 0.2) is 7.95 Å². The van der Waals surface area contributed by atoms with E-state index in [2.05, 4.69) is 102 Å². The third-order valence-corrected chi connectivity index (χ3v) is 8.49. The lowest BCUT2D eigenvalue weighted by Crippen LogP contribution is -2.39. The Morgan fingerprint density at radius 2 is 1.00 bits per heavy atom. The van der Waals surface area contributed by atoms with Crippen molar-refractivity contribution in [2.75, 3.05) is 0 Å². The molecule has 1 radical (unpaired) electrons. The Hall–Kier alpha value is -1.77. The minimum absolute atomic E-state index is 0.781. The lowest BCUT2D eigenvalue weighted by atomic mass is 10.2. The van der Waals surface area contributed by atoms with Crippen molar-refractivity contribution in [3.05, 3.63) is 96.6 Å². The average molecular weight is 305 g/mol. The smallest absolute Gasteiger partial charge is 0.171 e. The third kappa shape index (κ3) is 3.87. The number of hydrogen-bond acceptors (Lipinski definition) is 1. The molecule has 0 atom stereocenters. The summed E-state index contributed by atoms with van der Waals surface area (Å²) >= 11 is 2.08. The van der Waals surface area contributed by atoms with Crippen LogP contribution in [-0.2, 0) is 5.75 Å². The molecule has 0 aliphatic carbocycles. The highest BCUT2D eigenvalue weighted by Gasteiger charge is 2.17. The fourth-order valence-electron chi connectivity index (χ4n) is 2.24. The van der Waals surface area contributed by atoms with E-state index in [4.69, 9.17) is 0 Å². The van der Waals surface area contributed by atoms with E-state index in [1.54, 1.807) is 0 Å². The largest absolute Gasteiger partial charge is 0.190 e. The topological polar surface area (TPSA) is 0 Å². The summed E-state index contributed by atoms with van der Waals surface area (Å²) in [6, 6.07) is 32.6. The van der Waals surface area contributed by atoms with Gasteiger partial charge in [0, 0.05) is 5.75 Å².